The molecule has 0 saturated heterocycles. The predicted molar refractivity (Wildman–Crippen MR) is 43.0 cm³/mol. The van der Waals surface area contributed by atoms with E-state index in [1.165, 1.54) is 6.92 Å². The predicted octanol–water partition coefficient (Wildman–Crippen LogP) is 2.76. The smallest absolute Gasteiger partial charge is 0.195 e. The molecule has 3 heteroatoms. The van der Waals surface area contributed by atoms with E-state index in [4.69, 9.17) is 0 Å². The van der Waals surface area contributed by atoms with Crippen molar-refractivity contribution in [1.82, 2.24) is 0 Å². The number of halogens is 2. The molecule has 0 saturated carbocycles. The number of rotatable bonds is 5. The van der Waals surface area contributed by atoms with E-state index in [-0.39, 0.29) is 6.42 Å². The van der Waals surface area contributed by atoms with Gasteiger partial charge < -0.3 is 0 Å². The second kappa shape index (κ2) is 5.01. The van der Waals surface area contributed by atoms with Gasteiger partial charge >= 0.3 is 0 Å². The number of unbranched alkanes of at least 4 members (excludes halogenated alkanes) is 1. The summed E-state index contributed by atoms with van der Waals surface area (Å²) < 4.78 is 24.7. The molecule has 12 heavy (non-hydrogen) atoms. The standard InChI is InChI=1S/C9H13F2O/c1-3-4-6-9(2,11)8(12)5-7-10/h5H,3-4,6H2,1-2H3. The van der Waals surface area contributed by atoms with Crippen LogP contribution in [0.3, 0.4) is 0 Å². The summed E-state index contributed by atoms with van der Waals surface area (Å²) in [4.78, 5) is 10.8. The highest BCUT2D eigenvalue weighted by atomic mass is 19.1. The second-order valence-corrected chi connectivity index (χ2v) is 2.92. The lowest BCUT2D eigenvalue weighted by molar-refractivity contribution is -0.125. The quantitative estimate of drug-likeness (QED) is 0.587. The molecule has 0 aliphatic rings. The summed E-state index contributed by atoms with van der Waals surface area (Å²) in [6, 6.07) is 0. The van der Waals surface area contributed by atoms with Gasteiger partial charge in [0.2, 0.25) is 0 Å². The summed E-state index contributed by atoms with van der Waals surface area (Å²) in [5.74, 6) is -0.849. The molecule has 0 spiro atoms. The molecule has 1 nitrogen and oxygen atoms in total. The zero-order valence-corrected chi connectivity index (χ0v) is 7.36. The molecular formula is C9H13F2O. The van der Waals surface area contributed by atoms with Gasteiger partial charge in [-0.2, -0.15) is 0 Å². The summed E-state index contributed by atoms with van der Waals surface area (Å²) >= 11 is 0. The van der Waals surface area contributed by atoms with E-state index in [9.17, 15) is 13.6 Å². The minimum Gasteiger partial charge on any atom is -0.291 e. The average molecular weight is 175 g/mol. The van der Waals surface area contributed by atoms with Crippen LogP contribution >= 0.6 is 0 Å². The van der Waals surface area contributed by atoms with Crippen molar-refractivity contribution in [3.63, 3.8) is 0 Å². The van der Waals surface area contributed by atoms with Crippen molar-refractivity contribution in [2.24, 2.45) is 0 Å². The molecule has 0 aromatic heterocycles. The zero-order chi connectivity index (χ0) is 9.61. The third kappa shape index (κ3) is 3.60. The molecule has 1 unspecified atom stereocenters. The lowest BCUT2D eigenvalue weighted by Crippen LogP contribution is -2.28. The Hall–Kier alpha value is -0.730. The molecule has 0 aromatic carbocycles. The summed E-state index contributed by atoms with van der Waals surface area (Å²) in [6.07, 6.45) is 3.12. The Morgan fingerprint density at radius 3 is 2.67 bits per heavy atom. The molecule has 1 radical (unpaired) electrons. The summed E-state index contributed by atoms with van der Waals surface area (Å²) in [5.41, 5.74) is -1.94. The Balaban J connectivity index is 4.09. The number of hydrogen-bond acceptors (Lipinski definition) is 1. The lowest BCUT2D eigenvalue weighted by Gasteiger charge is -2.15. The van der Waals surface area contributed by atoms with Crippen LogP contribution < -0.4 is 0 Å². The van der Waals surface area contributed by atoms with Crippen molar-refractivity contribution in [3.8, 4) is 0 Å². The van der Waals surface area contributed by atoms with Gasteiger partial charge in [0.15, 0.2) is 17.8 Å². The first-order valence-electron chi connectivity index (χ1n) is 3.97. The highest BCUT2D eigenvalue weighted by Crippen LogP contribution is 2.20. The van der Waals surface area contributed by atoms with E-state index < -0.39 is 11.5 Å². The van der Waals surface area contributed by atoms with Gasteiger partial charge in [-0.15, -0.1) is 0 Å². The van der Waals surface area contributed by atoms with E-state index in [1.807, 2.05) is 6.92 Å². The summed E-state index contributed by atoms with van der Waals surface area (Å²) in [6.45, 7) is 3.07. The van der Waals surface area contributed by atoms with Crippen LogP contribution in [-0.2, 0) is 4.79 Å². The van der Waals surface area contributed by atoms with Crippen LogP contribution in [-0.4, -0.2) is 11.5 Å². The van der Waals surface area contributed by atoms with Gasteiger partial charge in [0, 0.05) is 6.08 Å². The Kier molecular flexibility index (Phi) is 4.71. The SMILES string of the molecule is CCCCC(C)(F)C(=O)/C=[C]/F. The highest BCUT2D eigenvalue weighted by Gasteiger charge is 2.29. The van der Waals surface area contributed by atoms with Crippen LogP contribution in [0.5, 0.6) is 0 Å². The Morgan fingerprint density at radius 2 is 2.25 bits per heavy atom. The van der Waals surface area contributed by atoms with Crippen LogP contribution in [0.25, 0.3) is 0 Å². The number of hydrogen-bond donors (Lipinski definition) is 0. The lowest BCUT2D eigenvalue weighted by atomic mass is 9.96. The van der Waals surface area contributed by atoms with E-state index in [0.29, 0.717) is 12.5 Å². The fraction of sp³-hybridized carbons (Fsp3) is 0.667. The van der Waals surface area contributed by atoms with E-state index in [0.717, 1.165) is 12.8 Å². The van der Waals surface area contributed by atoms with Crippen molar-refractivity contribution in [2.45, 2.75) is 38.8 Å². The second-order valence-electron chi connectivity index (χ2n) is 2.92. The van der Waals surface area contributed by atoms with E-state index in [1.54, 1.807) is 0 Å². The maximum absolute atomic E-state index is 13.3. The molecule has 0 aromatic rings. The molecular weight excluding hydrogens is 162 g/mol. The number of allylic oxidation sites excluding steroid dienone is 1. The molecule has 0 aliphatic heterocycles. The molecule has 0 N–H and O–H groups in total. The van der Waals surface area contributed by atoms with Gasteiger partial charge in [0.25, 0.3) is 0 Å². The van der Waals surface area contributed by atoms with E-state index in [2.05, 4.69) is 0 Å². The van der Waals surface area contributed by atoms with Crippen molar-refractivity contribution in [1.29, 1.82) is 0 Å². The van der Waals surface area contributed by atoms with Gasteiger partial charge in [-0.05, 0) is 13.3 Å². The number of carbonyl (C=O) groups excluding carboxylic acids is 1. The third-order valence-electron chi connectivity index (χ3n) is 1.70. The molecule has 0 fully saturated rings. The fourth-order valence-electron chi connectivity index (χ4n) is 0.832. The Labute approximate surface area is 71.5 Å². The van der Waals surface area contributed by atoms with Crippen molar-refractivity contribution >= 4 is 5.78 Å². The normalized spacial score (nSPS) is 16.3. The maximum atomic E-state index is 13.3. The van der Waals surface area contributed by atoms with E-state index >= 15 is 0 Å². The molecule has 69 valence electrons. The molecule has 0 amide bonds. The fourth-order valence-corrected chi connectivity index (χ4v) is 0.832. The number of ketones is 1. The Bertz CT molecular complexity index is 173. The molecule has 0 bridgehead atoms. The zero-order valence-electron chi connectivity index (χ0n) is 7.36. The first-order chi connectivity index (χ1) is 5.54. The molecule has 0 rings (SSSR count). The van der Waals surface area contributed by atoms with Crippen LogP contribution in [0.15, 0.2) is 6.08 Å². The monoisotopic (exact) mass is 175 g/mol. The first-order valence-corrected chi connectivity index (χ1v) is 3.97. The van der Waals surface area contributed by atoms with Crippen molar-refractivity contribution in [2.75, 3.05) is 0 Å². The minimum absolute atomic E-state index is 0.139. The Morgan fingerprint density at radius 1 is 1.67 bits per heavy atom. The van der Waals surface area contributed by atoms with Crippen LogP contribution in [0.1, 0.15) is 33.1 Å². The van der Waals surface area contributed by atoms with Crippen molar-refractivity contribution in [3.05, 3.63) is 12.4 Å². The molecule has 1 atom stereocenters. The van der Waals surface area contributed by atoms with Gasteiger partial charge in [-0.1, -0.05) is 19.8 Å². The third-order valence-corrected chi connectivity index (χ3v) is 1.70. The summed E-state index contributed by atoms with van der Waals surface area (Å²) in [7, 11) is 0. The molecule has 0 heterocycles. The van der Waals surface area contributed by atoms with Crippen molar-refractivity contribution < 1.29 is 13.6 Å². The van der Waals surface area contributed by atoms with Gasteiger partial charge in [-0.25, -0.2) is 8.78 Å². The minimum atomic E-state index is -1.94. The van der Waals surface area contributed by atoms with Gasteiger partial charge in [0.05, 0.1) is 0 Å². The van der Waals surface area contributed by atoms with Crippen LogP contribution in [0.2, 0.25) is 0 Å². The maximum Gasteiger partial charge on any atom is 0.195 e. The highest BCUT2D eigenvalue weighted by molar-refractivity contribution is 5.95. The largest absolute Gasteiger partial charge is 0.291 e. The average Bonchev–Trinajstić information content (AvgIpc) is 2.01. The summed E-state index contributed by atoms with van der Waals surface area (Å²) in [5, 5.41) is 0. The topological polar surface area (TPSA) is 17.1 Å². The number of alkyl halides is 1. The number of carbonyl (C=O) groups is 1. The van der Waals surface area contributed by atoms with Crippen LogP contribution in [0, 0.1) is 6.33 Å². The van der Waals surface area contributed by atoms with Gasteiger partial charge in [0.1, 0.15) is 0 Å². The van der Waals surface area contributed by atoms with Gasteiger partial charge in [-0.3, -0.25) is 4.79 Å². The van der Waals surface area contributed by atoms with Crippen LogP contribution in [0.4, 0.5) is 8.78 Å². The first kappa shape index (κ1) is 11.3. The molecule has 0 aliphatic carbocycles.